The monoisotopic (exact) mass is 418 g/mol. The highest BCUT2D eigenvalue weighted by atomic mass is 16.3. The highest BCUT2D eigenvalue weighted by molar-refractivity contribution is 5.38. The Hall–Kier alpha value is -2.77. The maximum absolute atomic E-state index is 9.92. The van der Waals surface area contributed by atoms with Gasteiger partial charge in [0, 0.05) is 38.3 Å². The van der Waals surface area contributed by atoms with Crippen LogP contribution in [0.25, 0.3) is 0 Å². The molecule has 0 saturated carbocycles. The van der Waals surface area contributed by atoms with Crippen LogP contribution >= 0.6 is 0 Å². The maximum atomic E-state index is 9.92. The Morgan fingerprint density at radius 2 is 1.68 bits per heavy atom. The van der Waals surface area contributed by atoms with Crippen molar-refractivity contribution in [2.75, 3.05) is 31.1 Å². The van der Waals surface area contributed by atoms with Crippen LogP contribution in [-0.4, -0.2) is 62.0 Å². The molecule has 7 nitrogen and oxygen atoms in total. The number of aliphatic hydroxyl groups excluding tert-OH is 1. The molecule has 0 aliphatic carbocycles. The zero-order valence-electron chi connectivity index (χ0n) is 17.8. The summed E-state index contributed by atoms with van der Waals surface area (Å²) < 4.78 is 2.32. The predicted molar refractivity (Wildman–Crippen MR) is 120 cm³/mol. The van der Waals surface area contributed by atoms with Gasteiger partial charge in [0.1, 0.15) is 17.5 Å². The molecule has 1 aromatic carbocycles. The van der Waals surface area contributed by atoms with Crippen molar-refractivity contribution in [3.05, 3.63) is 71.9 Å². The number of aromatic nitrogens is 4. The molecule has 0 radical (unpaired) electrons. The van der Waals surface area contributed by atoms with E-state index in [1.54, 1.807) is 0 Å². The van der Waals surface area contributed by atoms with Crippen molar-refractivity contribution in [2.45, 2.75) is 44.4 Å². The van der Waals surface area contributed by atoms with E-state index in [-0.39, 0.29) is 6.10 Å². The van der Waals surface area contributed by atoms with E-state index in [9.17, 15) is 5.11 Å². The average Bonchev–Trinajstić information content (AvgIpc) is 3.41. The molecule has 0 bridgehead atoms. The van der Waals surface area contributed by atoms with E-state index >= 15 is 0 Å². The van der Waals surface area contributed by atoms with Gasteiger partial charge in [-0.2, -0.15) is 0 Å². The van der Waals surface area contributed by atoms with Gasteiger partial charge < -0.3 is 14.6 Å². The van der Waals surface area contributed by atoms with Crippen LogP contribution in [0.4, 0.5) is 5.82 Å². The number of nitrogens with zero attached hydrogens (tertiary/aromatic N) is 6. The molecule has 0 amide bonds. The SMILES string of the molecule is OC1CCN(Cc2nnc(C3CCN(c4ccccn4)CC3)n2Cc2ccccc2)C1. The number of aliphatic hydroxyl groups is 1. The van der Waals surface area contributed by atoms with Gasteiger partial charge in [-0.25, -0.2) is 4.98 Å². The summed E-state index contributed by atoms with van der Waals surface area (Å²) in [7, 11) is 0. The van der Waals surface area contributed by atoms with E-state index in [2.05, 4.69) is 65.9 Å². The molecule has 0 spiro atoms. The third kappa shape index (κ3) is 4.62. The van der Waals surface area contributed by atoms with Gasteiger partial charge in [-0.15, -0.1) is 10.2 Å². The van der Waals surface area contributed by atoms with Gasteiger partial charge >= 0.3 is 0 Å². The zero-order valence-corrected chi connectivity index (χ0v) is 17.8. The van der Waals surface area contributed by atoms with E-state index in [0.717, 1.165) is 76.0 Å². The van der Waals surface area contributed by atoms with Gasteiger partial charge in [-0.05, 0) is 37.0 Å². The second-order valence-corrected chi connectivity index (χ2v) is 8.67. The fraction of sp³-hybridized carbons (Fsp3) is 0.458. The first kappa shape index (κ1) is 20.2. The lowest BCUT2D eigenvalue weighted by Crippen LogP contribution is -2.34. The molecule has 2 aliphatic heterocycles. The Morgan fingerprint density at radius 1 is 0.871 bits per heavy atom. The number of pyridine rings is 1. The summed E-state index contributed by atoms with van der Waals surface area (Å²) >= 11 is 0. The Kier molecular flexibility index (Phi) is 5.95. The van der Waals surface area contributed by atoms with Crippen LogP contribution in [0.15, 0.2) is 54.7 Å². The van der Waals surface area contributed by atoms with Crippen molar-refractivity contribution >= 4 is 5.82 Å². The van der Waals surface area contributed by atoms with Crippen molar-refractivity contribution < 1.29 is 5.11 Å². The van der Waals surface area contributed by atoms with Gasteiger partial charge in [0.2, 0.25) is 0 Å². The molecule has 4 heterocycles. The quantitative estimate of drug-likeness (QED) is 0.664. The minimum absolute atomic E-state index is 0.221. The largest absolute Gasteiger partial charge is 0.392 e. The zero-order chi connectivity index (χ0) is 21.0. The minimum atomic E-state index is -0.221. The van der Waals surface area contributed by atoms with Gasteiger partial charge in [0.25, 0.3) is 0 Å². The van der Waals surface area contributed by atoms with E-state index in [1.165, 1.54) is 5.56 Å². The number of rotatable bonds is 6. The lowest BCUT2D eigenvalue weighted by atomic mass is 9.95. The molecule has 5 rings (SSSR count). The fourth-order valence-corrected chi connectivity index (χ4v) is 4.77. The van der Waals surface area contributed by atoms with Gasteiger partial charge in [-0.1, -0.05) is 36.4 Å². The summed E-state index contributed by atoms with van der Waals surface area (Å²) in [4.78, 5) is 9.15. The van der Waals surface area contributed by atoms with Crippen molar-refractivity contribution in [3.63, 3.8) is 0 Å². The molecule has 2 aromatic heterocycles. The van der Waals surface area contributed by atoms with E-state index in [1.807, 2.05) is 18.3 Å². The van der Waals surface area contributed by atoms with Crippen LogP contribution in [0.1, 0.15) is 42.4 Å². The molecule has 3 aromatic rings. The number of benzene rings is 1. The first-order chi connectivity index (χ1) is 15.3. The summed E-state index contributed by atoms with van der Waals surface area (Å²) in [5.74, 6) is 3.55. The van der Waals surface area contributed by atoms with Gasteiger partial charge in [0.05, 0.1) is 19.2 Å². The lowest BCUT2D eigenvalue weighted by molar-refractivity contribution is 0.173. The molecule has 7 heteroatoms. The van der Waals surface area contributed by atoms with Gasteiger partial charge in [0.15, 0.2) is 0 Å². The van der Waals surface area contributed by atoms with Crippen LogP contribution < -0.4 is 4.90 Å². The average molecular weight is 419 g/mol. The van der Waals surface area contributed by atoms with Crippen LogP contribution in [0.3, 0.4) is 0 Å². The molecule has 162 valence electrons. The second-order valence-electron chi connectivity index (χ2n) is 8.67. The van der Waals surface area contributed by atoms with E-state index < -0.39 is 0 Å². The van der Waals surface area contributed by atoms with E-state index in [0.29, 0.717) is 5.92 Å². The van der Waals surface area contributed by atoms with Gasteiger partial charge in [-0.3, -0.25) is 4.90 Å². The molecule has 1 unspecified atom stereocenters. The normalized spacial score (nSPS) is 20.4. The predicted octanol–water partition coefficient (Wildman–Crippen LogP) is 2.67. The molecule has 2 aliphatic rings. The van der Waals surface area contributed by atoms with Crippen LogP contribution in [0, 0.1) is 0 Å². The molecular formula is C24H30N6O. The molecule has 1 atom stereocenters. The molecule has 2 saturated heterocycles. The molecule has 2 fully saturated rings. The third-order valence-corrected chi connectivity index (χ3v) is 6.49. The standard InChI is InChI=1S/C24H30N6O/c31-21-11-13-28(17-21)18-23-26-27-24(30(23)16-19-6-2-1-3-7-19)20-9-14-29(15-10-20)22-8-4-5-12-25-22/h1-8,12,20-21,31H,9-11,13-18H2. The van der Waals surface area contributed by atoms with Crippen LogP contribution in [0.5, 0.6) is 0 Å². The number of β-amino-alcohol motifs (C(OH)–C–C–N with tert-alkyl or cyclic N) is 1. The van der Waals surface area contributed by atoms with Crippen LogP contribution in [0.2, 0.25) is 0 Å². The topological polar surface area (TPSA) is 70.3 Å². The number of piperidine rings is 1. The summed E-state index contributed by atoms with van der Waals surface area (Å²) in [5, 5.41) is 19.2. The minimum Gasteiger partial charge on any atom is -0.392 e. The number of likely N-dealkylation sites (tertiary alicyclic amines) is 1. The smallest absolute Gasteiger partial charge is 0.147 e. The van der Waals surface area contributed by atoms with E-state index in [4.69, 9.17) is 0 Å². The Bertz CT molecular complexity index is 968. The first-order valence-electron chi connectivity index (χ1n) is 11.3. The Morgan fingerprint density at radius 3 is 2.39 bits per heavy atom. The highest BCUT2D eigenvalue weighted by Crippen LogP contribution is 2.30. The van der Waals surface area contributed by atoms with Crippen molar-refractivity contribution in [2.24, 2.45) is 0 Å². The fourth-order valence-electron chi connectivity index (χ4n) is 4.77. The third-order valence-electron chi connectivity index (χ3n) is 6.49. The van der Waals surface area contributed by atoms with Crippen molar-refractivity contribution in [1.29, 1.82) is 0 Å². The van der Waals surface area contributed by atoms with Crippen LogP contribution in [-0.2, 0) is 13.1 Å². The number of hydrogen-bond donors (Lipinski definition) is 1. The number of hydrogen-bond acceptors (Lipinski definition) is 6. The summed E-state index contributed by atoms with van der Waals surface area (Å²) in [5.41, 5.74) is 1.26. The number of anilines is 1. The Labute approximate surface area is 183 Å². The molecule has 31 heavy (non-hydrogen) atoms. The molecule has 1 N–H and O–H groups in total. The van der Waals surface area contributed by atoms with Crippen molar-refractivity contribution in [3.8, 4) is 0 Å². The first-order valence-corrected chi connectivity index (χ1v) is 11.3. The summed E-state index contributed by atoms with van der Waals surface area (Å²) in [6, 6.07) is 16.6. The van der Waals surface area contributed by atoms with Crippen molar-refractivity contribution in [1.82, 2.24) is 24.6 Å². The highest BCUT2D eigenvalue weighted by Gasteiger charge is 2.28. The second kappa shape index (κ2) is 9.16. The lowest BCUT2D eigenvalue weighted by Gasteiger charge is -2.32. The summed E-state index contributed by atoms with van der Waals surface area (Å²) in [6.07, 6.45) is 4.57. The maximum Gasteiger partial charge on any atom is 0.147 e. The Balaban J connectivity index is 1.35. The molecular weight excluding hydrogens is 388 g/mol. The summed E-state index contributed by atoms with van der Waals surface area (Å²) in [6.45, 7) is 5.12.